The number of aromatic nitrogens is 1. The topological polar surface area (TPSA) is 54.0 Å². The summed E-state index contributed by atoms with van der Waals surface area (Å²) in [7, 11) is 0. The van der Waals surface area contributed by atoms with Crippen LogP contribution in [0.15, 0.2) is 48.7 Å². The minimum atomic E-state index is -0.278. The fraction of sp³-hybridized carbons (Fsp3) is 0.250. The molecule has 1 heterocycles. The van der Waals surface area contributed by atoms with E-state index in [1.54, 1.807) is 18.3 Å². The van der Waals surface area contributed by atoms with Crippen molar-refractivity contribution in [2.75, 3.05) is 10.6 Å². The van der Waals surface area contributed by atoms with Crippen LogP contribution < -0.4 is 10.6 Å². The molecule has 20 heavy (non-hydrogen) atoms. The van der Waals surface area contributed by atoms with Crippen molar-refractivity contribution in [2.45, 2.75) is 26.2 Å². The van der Waals surface area contributed by atoms with Crippen molar-refractivity contribution in [1.82, 2.24) is 4.98 Å². The number of carbonyl (C=O) groups is 1. The van der Waals surface area contributed by atoms with Crippen LogP contribution in [0.25, 0.3) is 0 Å². The Bertz CT molecular complexity index is 569. The molecule has 2 amide bonds. The third kappa shape index (κ3) is 3.57. The van der Waals surface area contributed by atoms with Crippen LogP contribution in [0.1, 0.15) is 31.7 Å². The van der Waals surface area contributed by atoms with E-state index < -0.39 is 0 Å². The van der Waals surface area contributed by atoms with Crippen molar-refractivity contribution >= 4 is 17.5 Å². The van der Waals surface area contributed by atoms with Gasteiger partial charge in [0.25, 0.3) is 0 Å². The van der Waals surface area contributed by atoms with Gasteiger partial charge in [0.05, 0.1) is 0 Å². The second-order valence-corrected chi connectivity index (χ2v) is 4.69. The van der Waals surface area contributed by atoms with Crippen molar-refractivity contribution in [3.63, 3.8) is 0 Å². The van der Waals surface area contributed by atoms with Gasteiger partial charge in [0.2, 0.25) is 0 Å². The molecule has 2 N–H and O–H groups in total. The number of anilines is 2. The van der Waals surface area contributed by atoms with Gasteiger partial charge >= 0.3 is 6.03 Å². The number of amides is 2. The SMILES string of the molecule is CCC(C)c1ccccc1NC(=O)Nc1ccccn1. The highest BCUT2D eigenvalue weighted by Crippen LogP contribution is 2.26. The maximum Gasteiger partial charge on any atom is 0.324 e. The van der Waals surface area contributed by atoms with Crippen molar-refractivity contribution in [2.24, 2.45) is 0 Å². The third-order valence-corrected chi connectivity index (χ3v) is 3.26. The molecule has 4 heteroatoms. The minimum Gasteiger partial charge on any atom is -0.307 e. The number of nitrogens with zero attached hydrogens (tertiary/aromatic N) is 1. The monoisotopic (exact) mass is 269 g/mol. The number of hydrogen-bond donors (Lipinski definition) is 2. The standard InChI is InChI=1S/C16H19N3O/c1-3-12(2)13-8-4-5-9-14(13)18-16(20)19-15-10-6-7-11-17-15/h4-12H,3H2,1-2H3,(H2,17,18,19,20). The van der Waals surface area contributed by atoms with Gasteiger partial charge in [-0.05, 0) is 36.1 Å². The van der Waals surface area contributed by atoms with E-state index >= 15 is 0 Å². The Balaban J connectivity index is 2.08. The molecule has 0 spiro atoms. The maximum atomic E-state index is 12.0. The first-order chi connectivity index (χ1) is 9.70. The molecular weight excluding hydrogens is 250 g/mol. The highest BCUT2D eigenvalue weighted by Gasteiger charge is 2.11. The Labute approximate surface area is 119 Å². The van der Waals surface area contributed by atoms with E-state index in [1.165, 1.54) is 0 Å². The largest absolute Gasteiger partial charge is 0.324 e. The van der Waals surface area contributed by atoms with Gasteiger partial charge in [-0.1, -0.05) is 38.1 Å². The second-order valence-electron chi connectivity index (χ2n) is 4.69. The van der Waals surface area contributed by atoms with Crippen LogP contribution in [0.4, 0.5) is 16.3 Å². The molecule has 0 aliphatic rings. The minimum absolute atomic E-state index is 0.278. The first-order valence-corrected chi connectivity index (χ1v) is 6.78. The Kier molecular flexibility index (Phi) is 4.71. The fourth-order valence-corrected chi connectivity index (χ4v) is 1.97. The van der Waals surface area contributed by atoms with Gasteiger partial charge < -0.3 is 5.32 Å². The first-order valence-electron chi connectivity index (χ1n) is 6.78. The highest BCUT2D eigenvalue weighted by molar-refractivity contribution is 5.99. The van der Waals surface area contributed by atoms with E-state index in [-0.39, 0.29) is 6.03 Å². The second kappa shape index (κ2) is 6.70. The molecule has 0 aliphatic heterocycles. The molecule has 2 aromatic rings. The van der Waals surface area contributed by atoms with Crippen LogP contribution in [0.3, 0.4) is 0 Å². The molecule has 1 aromatic heterocycles. The zero-order valence-corrected chi connectivity index (χ0v) is 11.8. The van der Waals surface area contributed by atoms with Crippen LogP contribution in [0.2, 0.25) is 0 Å². The average Bonchev–Trinajstić information content (AvgIpc) is 2.48. The van der Waals surface area contributed by atoms with Crippen LogP contribution in [-0.4, -0.2) is 11.0 Å². The highest BCUT2D eigenvalue weighted by atomic mass is 16.2. The lowest BCUT2D eigenvalue weighted by atomic mass is 9.97. The van der Waals surface area contributed by atoms with Gasteiger partial charge in [0.1, 0.15) is 5.82 Å². The van der Waals surface area contributed by atoms with Crippen molar-refractivity contribution in [1.29, 1.82) is 0 Å². The molecule has 0 radical (unpaired) electrons. The smallest absolute Gasteiger partial charge is 0.307 e. The molecule has 1 aromatic carbocycles. The van der Waals surface area contributed by atoms with E-state index in [1.807, 2.05) is 30.3 Å². The van der Waals surface area contributed by atoms with E-state index in [9.17, 15) is 4.79 Å². The Morgan fingerprint density at radius 1 is 1.15 bits per heavy atom. The Morgan fingerprint density at radius 3 is 2.60 bits per heavy atom. The lowest BCUT2D eigenvalue weighted by molar-refractivity contribution is 0.262. The van der Waals surface area contributed by atoms with Gasteiger partial charge in [-0.15, -0.1) is 0 Å². The number of para-hydroxylation sites is 1. The van der Waals surface area contributed by atoms with E-state index in [4.69, 9.17) is 0 Å². The van der Waals surface area contributed by atoms with Crippen LogP contribution in [-0.2, 0) is 0 Å². The number of benzene rings is 1. The molecule has 0 bridgehead atoms. The molecule has 1 unspecified atom stereocenters. The Morgan fingerprint density at radius 2 is 1.90 bits per heavy atom. The molecular formula is C16H19N3O. The summed E-state index contributed by atoms with van der Waals surface area (Å²) >= 11 is 0. The normalized spacial score (nSPS) is 11.7. The Hall–Kier alpha value is -2.36. The van der Waals surface area contributed by atoms with E-state index in [0.717, 1.165) is 17.7 Å². The number of rotatable bonds is 4. The number of hydrogen-bond acceptors (Lipinski definition) is 2. The molecule has 2 rings (SSSR count). The zero-order valence-electron chi connectivity index (χ0n) is 11.8. The van der Waals surface area contributed by atoms with E-state index in [2.05, 4.69) is 29.5 Å². The lowest BCUT2D eigenvalue weighted by Crippen LogP contribution is -2.21. The van der Waals surface area contributed by atoms with Gasteiger partial charge in [-0.3, -0.25) is 5.32 Å². The van der Waals surface area contributed by atoms with Crippen LogP contribution in [0.5, 0.6) is 0 Å². The third-order valence-electron chi connectivity index (χ3n) is 3.26. The summed E-state index contributed by atoms with van der Waals surface area (Å²) < 4.78 is 0. The fourth-order valence-electron chi connectivity index (χ4n) is 1.97. The van der Waals surface area contributed by atoms with Gasteiger partial charge in [0.15, 0.2) is 0 Å². The molecule has 0 saturated carbocycles. The molecule has 0 aliphatic carbocycles. The molecule has 0 saturated heterocycles. The predicted molar refractivity (Wildman–Crippen MR) is 82.0 cm³/mol. The van der Waals surface area contributed by atoms with Crippen LogP contribution >= 0.6 is 0 Å². The molecule has 4 nitrogen and oxygen atoms in total. The molecule has 0 fully saturated rings. The van der Waals surface area contributed by atoms with Crippen LogP contribution in [0, 0.1) is 0 Å². The average molecular weight is 269 g/mol. The molecule has 1 atom stereocenters. The quantitative estimate of drug-likeness (QED) is 0.872. The van der Waals surface area contributed by atoms with Crippen molar-refractivity contribution < 1.29 is 4.79 Å². The first kappa shape index (κ1) is 14.1. The number of nitrogens with one attached hydrogen (secondary N) is 2. The zero-order chi connectivity index (χ0) is 14.4. The van der Waals surface area contributed by atoms with E-state index in [0.29, 0.717) is 11.7 Å². The summed E-state index contributed by atoms with van der Waals surface area (Å²) in [6.45, 7) is 4.28. The predicted octanol–water partition coefficient (Wildman–Crippen LogP) is 4.24. The molecule has 104 valence electrons. The lowest BCUT2D eigenvalue weighted by Gasteiger charge is -2.15. The summed E-state index contributed by atoms with van der Waals surface area (Å²) in [6.07, 6.45) is 2.67. The van der Waals surface area contributed by atoms with Gasteiger partial charge in [-0.2, -0.15) is 0 Å². The number of urea groups is 1. The summed E-state index contributed by atoms with van der Waals surface area (Å²) in [5.74, 6) is 0.937. The van der Waals surface area contributed by atoms with Crippen molar-refractivity contribution in [3.8, 4) is 0 Å². The van der Waals surface area contributed by atoms with Crippen molar-refractivity contribution in [3.05, 3.63) is 54.2 Å². The summed E-state index contributed by atoms with van der Waals surface area (Å²) in [4.78, 5) is 16.0. The summed E-state index contributed by atoms with van der Waals surface area (Å²) in [6, 6.07) is 13.0. The maximum absolute atomic E-state index is 12.0. The number of carbonyl (C=O) groups excluding carboxylic acids is 1. The summed E-state index contributed by atoms with van der Waals surface area (Å²) in [5, 5.41) is 5.60. The van der Waals surface area contributed by atoms with Gasteiger partial charge in [-0.25, -0.2) is 9.78 Å². The van der Waals surface area contributed by atoms with Gasteiger partial charge in [0, 0.05) is 11.9 Å². The summed E-state index contributed by atoms with van der Waals surface area (Å²) in [5.41, 5.74) is 1.99. The number of pyridine rings is 1.